The Bertz CT molecular complexity index is 588. The molecule has 1 amide bonds. The zero-order valence-corrected chi connectivity index (χ0v) is 14.6. The van der Waals surface area contributed by atoms with E-state index in [2.05, 4.69) is 18.7 Å². The zero-order valence-electron chi connectivity index (χ0n) is 14.6. The number of carboxylic acids is 1. The monoisotopic (exact) mass is 334 g/mol. The third-order valence-corrected chi connectivity index (χ3v) is 4.16. The summed E-state index contributed by atoms with van der Waals surface area (Å²) in [7, 11) is 0. The molecule has 1 heterocycles. The summed E-state index contributed by atoms with van der Waals surface area (Å²) in [6, 6.07) is 7.19. The number of carboxylic acid groups (broad SMARTS) is 1. The van der Waals surface area contributed by atoms with Crippen molar-refractivity contribution in [3.63, 3.8) is 0 Å². The fourth-order valence-electron chi connectivity index (χ4n) is 2.94. The summed E-state index contributed by atoms with van der Waals surface area (Å²) in [4.78, 5) is 27.3. The average molecular weight is 334 g/mol. The van der Waals surface area contributed by atoms with Crippen molar-refractivity contribution in [2.45, 2.75) is 33.4 Å². The minimum atomic E-state index is -1.00. The number of rotatable bonds is 7. The van der Waals surface area contributed by atoms with E-state index in [0.29, 0.717) is 18.2 Å². The second kappa shape index (κ2) is 8.15. The first-order valence-electron chi connectivity index (χ1n) is 8.33. The quantitative estimate of drug-likeness (QED) is 0.824. The van der Waals surface area contributed by atoms with E-state index in [4.69, 9.17) is 9.84 Å². The molecule has 0 aromatic heterocycles. The van der Waals surface area contributed by atoms with Crippen molar-refractivity contribution in [2.24, 2.45) is 5.92 Å². The van der Waals surface area contributed by atoms with Gasteiger partial charge in [-0.1, -0.05) is 32.0 Å². The lowest BCUT2D eigenvalue weighted by molar-refractivity contribution is -0.142. The standard InChI is InChI=1S/C18H26N2O4/c1-13(2)10-20-9-8-19(14(3)18(20)23)11-15-6-4-5-7-16(15)24-12-17(21)22/h4-7,13-14H,8-12H2,1-3H3,(H,21,22)/t14-/m0/s1. The van der Waals surface area contributed by atoms with Crippen molar-refractivity contribution in [1.82, 2.24) is 9.80 Å². The fraction of sp³-hybridized carbons (Fsp3) is 0.556. The van der Waals surface area contributed by atoms with Crippen molar-refractivity contribution < 1.29 is 19.4 Å². The van der Waals surface area contributed by atoms with Gasteiger partial charge in [0.1, 0.15) is 5.75 Å². The van der Waals surface area contributed by atoms with Crippen molar-refractivity contribution in [3.8, 4) is 5.75 Å². The Labute approximate surface area is 143 Å². The highest BCUT2D eigenvalue weighted by molar-refractivity contribution is 5.82. The van der Waals surface area contributed by atoms with E-state index in [1.54, 1.807) is 6.07 Å². The van der Waals surface area contributed by atoms with Crippen molar-refractivity contribution >= 4 is 11.9 Å². The second-order valence-electron chi connectivity index (χ2n) is 6.61. The fourth-order valence-corrected chi connectivity index (χ4v) is 2.94. The summed E-state index contributed by atoms with van der Waals surface area (Å²) < 4.78 is 5.35. The van der Waals surface area contributed by atoms with Crippen LogP contribution in [-0.2, 0) is 16.1 Å². The lowest BCUT2D eigenvalue weighted by Crippen LogP contribution is -2.56. The van der Waals surface area contributed by atoms with Gasteiger partial charge in [0, 0.05) is 31.7 Å². The van der Waals surface area contributed by atoms with Gasteiger partial charge in [-0.05, 0) is 18.9 Å². The number of benzene rings is 1. The van der Waals surface area contributed by atoms with Gasteiger partial charge in [0.05, 0.1) is 6.04 Å². The van der Waals surface area contributed by atoms with Gasteiger partial charge in [-0.3, -0.25) is 9.69 Å². The summed E-state index contributed by atoms with van der Waals surface area (Å²) in [6.07, 6.45) is 0. The van der Waals surface area contributed by atoms with Crippen LogP contribution in [0.25, 0.3) is 0 Å². The first-order chi connectivity index (χ1) is 11.4. The number of amides is 1. The van der Waals surface area contributed by atoms with Gasteiger partial charge in [0.15, 0.2) is 6.61 Å². The Kier molecular flexibility index (Phi) is 6.20. The Morgan fingerprint density at radius 3 is 2.71 bits per heavy atom. The largest absolute Gasteiger partial charge is 0.482 e. The number of ether oxygens (including phenoxy) is 1. The van der Waals surface area contributed by atoms with Gasteiger partial charge in [-0.2, -0.15) is 0 Å². The molecule has 1 aliphatic rings. The molecule has 0 unspecified atom stereocenters. The molecule has 6 nitrogen and oxygen atoms in total. The molecule has 1 N–H and O–H groups in total. The van der Waals surface area contributed by atoms with Crippen LogP contribution in [0.4, 0.5) is 0 Å². The molecule has 1 saturated heterocycles. The van der Waals surface area contributed by atoms with Crippen LogP contribution in [0.1, 0.15) is 26.3 Å². The van der Waals surface area contributed by atoms with Crippen LogP contribution >= 0.6 is 0 Å². The van der Waals surface area contributed by atoms with E-state index < -0.39 is 5.97 Å². The van der Waals surface area contributed by atoms with Crippen LogP contribution in [0.15, 0.2) is 24.3 Å². The first-order valence-corrected chi connectivity index (χ1v) is 8.33. The van der Waals surface area contributed by atoms with Gasteiger partial charge in [-0.15, -0.1) is 0 Å². The van der Waals surface area contributed by atoms with Gasteiger partial charge in [-0.25, -0.2) is 4.79 Å². The predicted octanol–water partition coefficient (Wildman–Crippen LogP) is 1.84. The Balaban J connectivity index is 2.04. The molecule has 0 saturated carbocycles. The van der Waals surface area contributed by atoms with E-state index in [1.165, 1.54) is 0 Å². The highest BCUT2D eigenvalue weighted by Gasteiger charge is 2.31. The normalized spacial score (nSPS) is 18.9. The molecule has 0 bridgehead atoms. The number of nitrogens with zero attached hydrogens (tertiary/aromatic N) is 2. The maximum Gasteiger partial charge on any atom is 0.341 e. The third kappa shape index (κ3) is 4.71. The number of carbonyl (C=O) groups excluding carboxylic acids is 1. The molecule has 0 aliphatic carbocycles. The highest BCUT2D eigenvalue weighted by atomic mass is 16.5. The number of aliphatic carboxylic acids is 1. The zero-order chi connectivity index (χ0) is 17.7. The predicted molar refractivity (Wildman–Crippen MR) is 90.9 cm³/mol. The minimum Gasteiger partial charge on any atom is -0.482 e. The number of hydrogen-bond donors (Lipinski definition) is 1. The molecule has 132 valence electrons. The van der Waals surface area contributed by atoms with E-state index in [9.17, 15) is 9.59 Å². The molecule has 0 spiro atoms. The summed E-state index contributed by atoms with van der Waals surface area (Å²) in [5.41, 5.74) is 0.899. The number of para-hydroxylation sites is 1. The number of carbonyl (C=O) groups is 2. The van der Waals surface area contributed by atoms with Gasteiger partial charge in [0.25, 0.3) is 0 Å². The van der Waals surface area contributed by atoms with Crippen LogP contribution in [0.3, 0.4) is 0 Å². The molecular weight excluding hydrogens is 308 g/mol. The number of piperazine rings is 1. The van der Waals surface area contributed by atoms with Crippen LogP contribution in [0, 0.1) is 5.92 Å². The number of hydrogen-bond acceptors (Lipinski definition) is 4. The van der Waals surface area contributed by atoms with Crippen molar-refractivity contribution in [1.29, 1.82) is 0 Å². The molecule has 1 aromatic carbocycles. The summed E-state index contributed by atoms with van der Waals surface area (Å²) >= 11 is 0. The van der Waals surface area contributed by atoms with E-state index in [-0.39, 0.29) is 18.6 Å². The van der Waals surface area contributed by atoms with Crippen LogP contribution in [0.2, 0.25) is 0 Å². The molecule has 6 heteroatoms. The minimum absolute atomic E-state index is 0.152. The SMILES string of the molecule is CC(C)CN1CCN(Cc2ccccc2OCC(=O)O)[C@@H](C)C1=O. The molecule has 1 atom stereocenters. The van der Waals surface area contributed by atoms with Gasteiger partial charge < -0.3 is 14.7 Å². The molecule has 2 rings (SSSR count). The lowest BCUT2D eigenvalue weighted by Gasteiger charge is -2.40. The first kappa shape index (κ1) is 18.3. The van der Waals surface area contributed by atoms with Crippen LogP contribution in [-0.4, -0.2) is 59.1 Å². The average Bonchev–Trinajstić information content (AvgIpc) is 2.53. The Hall–Kier alpha value is -2.08. The topological polar surface area (TPSA) is 70.1 Å². The Morgan fingerprint density at radius 1 is 1.33 bits per heavy atom. The van der Waals surface area contributed by atoms with Crippen molar-refractivity contribution in [2.75, 3.05) is 26.2 Å². The maximum atomic E-state index is 12.5. The molecule has 24 heavy (non-hydrogen) atoms. The summed E-state index contributed by atoms with van der Waals surface area (Å²) in [5.74, 6) is 0.163. The second-order valence-corrected chi connectivity index (χ2v) is 6.61. The van der Waals surface area contributed by atoms with E-state index in [1.807, 2.05) is 30.0 Å². The smallest absolute Gasteiger partial charge is 0.341 e. The van der Waals surface area contributed by atoms with E-state index >= 15 is 0 Å². The Morgan fingerprint density at radius 2 is 2.04 bits per heavy atom. The highest BCUT2D eigenvalue weighted by Crippen LogP contribution is 2.23. The van der Waals surface area contributed by atoms with Gasteiger partial charge in [0.2, 0.25) is 5.91 Å². The van der Waals surface area contributed by atoms with Crippen LogP contribution < -0.4 is 4.74 Å². The maximum absolute atomic E-state index is 12.5. The molecule has 1 fully saturated rings. The molecule has 1 aliphatic heterocycles. The lowest BCUT2D eigenvalue weighted by atomic mass is 10.1. The molecular formula is C18H26N2O4. The summed E-state index contributed by atoms with van der Waals surface area (Å²) in [6.45, 7) is 8.66. The van der Waals surface area contributed by atoms with E-state index in [0.717, 1.165) is 25.2 Å². The molecule has 0 radical (unpaired) electrons. The molecule has 1 aromatic rings. The van der Waals surface area contributed by atoms with Gasteiger partial charge >= 0.3 is 5.97 Å². The third-order valence-electron chi connectivity index (χ3n) is 4.16. The summed E-state index contributed by atoms with van der Waals surface area (Å²) in [5, 5.41) is 8.78. The van der Waals surface area contributed by atoms with Crippen molar-refractivity contribution in [3.05, 3.63) is 29.8 Å². The van der Waals surface area contributed by atoms with Crippen LogP contribution in [0.5, 0.6) is 5.75 Å².